The first-order valence-corrected chi connectivity index (χ1v) is 7.33. The number of carboxylic acid groups (broad SMARTS) is 1. The maximum absolute atomic E-state index is 11.4. The van der Waals surface area contributed by atoms with E-state index in [0.717, 1.165) is 0 Å². The molecule has 0 heterocycles. The molecule has 1 amide bonds. The maximum Gasteiger partial charge on any atom is 0.298 e. The van der Waals surface area contributed by atoms with Crippen LogP contribution in [-0.4, -0.2) is 11.0 Å². The number of nitrogens with one attached hydrogen (secondary N) is 1. The molecule has 0 atom stereocenters. The zero-order chi connectivity index (χ0) is 17.3. The quantitative estimate of drug-likeness (QED) is 0.466. The predicted octanol–water partition coefficient (Wildman–Crippen LogP) is 4.63. The van der Waals surface area contributed by atoms with Gasteiger partial charge in [0.05, 0.1) is 20.5 Å². The maximum atomic E-state index is 11.4. The number of hydrogen-bond acceptors (Lipinski definition) is 4. The van der Waals surface area contributed by atoms with Crippen molar-refractivity contribution in [1.29, 1.82) is 0 Å². The number of carbonyl (C=O) groups is 1. The predicted molar refractivity (Wildman–Crippen MR) is 87.6 cm³/mol. The second kappa shape index (κ2) is 6.80. The molecule has 0 aliphatic heterocycles. The average Bonchev–Trinajstić information content (AvgIpc) is 2.43. The number of rotatable bonds is 3. The highest BCUT2D eigenvalue weighted by Crippen LogP contribution is 2.47. The van der Waals surface area contributed by atoms with Gasteiger partial charge in [-0.3, -0.25) is 10.1 Å². The number of anilines is 1. The third-order valence-corrected chi connectivity index (χ3v) is 4.13. The highest BCUT2D eigenvalue weighted by molar-refractivity contribution is 6.46. The van der Waals surface area contributed by atoms with E-state index in [0.29, 0.717) is 0 Å². The summed E-state index contributed by atoms with van der Waals surface area (Å²) in [6.07, 6.45) is -1.60. The summed E-state index contributed by atoms with van der Waals surface area (Å²) in [5.41, 5.74) is -0.611. The minimum Gasteiger partial charge on any atom is -0.530 e. The number of nitrogens with zero attached hydrogens (tertiary/aromatic N) is 1. The van der Waals surface area contributed by atoms with Crippen molar-refractivity contribution in [2.24, 2.45) is 0 Å². The summed E-state index contributed by atoms with van der Waals surface area (Å²) in [7, 11) is 0. The number of carbonyl (C=O) groups excluding carboxylic acids is 1. The standard InChI is InChI=1S/C13H6Cl4N2O4/c14-5-1-2-9(18-13(20)21)6(3-5)10-7(15)4-8(16)11(17)12(10)19(22)23/h1-4,18H,(H,20,21)/p-1. The summed E-state index contributed by atoms with van der Waals surface area (Å²) >= 11 is 23.7. The Kier molecular flexibility index (Phi) is 5.21. The van der Waals surface area contributed by atoms with Crippen molar-refractivity contribution in [3.8, 4) is 11.1 Å². The number of hydrogen-bond donors (Lipinski definition) is 1. The monoisotopic (exact) mass is 393 g/mol. The van der Waals surface area contributed by atoms with E-state index in [1.165, 1.54) is 24.3 Å². The van der Waals surface area contributed by atoms with Gasteiger partial charge in [0.1, 0.15) is 11.1 Å². The highest BCUT2D eigenvalue weighted by atomic mass is 35.5. The smallest absolute Gasteiger partial charge is 0.298 e. The second-order valence-corrected chi connectivity index (χ2v) is 5.87. The van der Waals surface area contributed by atoms with Crippen molar-refractivity contribution in [2.75, 3.05) is 5.32 Å². The zero-order valence-corrected chi connectivity index (χ0v) is 13.9. The van der Waals surface area contributed by atoms with Crippen LogP contribution >= 0.6 is 46.4 Å². The first kappa shape index (κ1) is 17.6. The molecule has 0 aliphatic rings. The fourth-order valence-corrected chi connectivity index (χ4v) is 2.90. The zero-order valence-electron chi connectivity index (χ0n) is 10.9. The Bertz CT molecular complexity index is 826. The molecule has 2 aromatic carbocycles. The first-order chi connectivity index (χ1) is 10.7. The van der Waals surface area contributed by atoms with E-state index in [2.05, 4.69) is 0 Å². The van der Waals surface area contributed by atoms with E-state index in [4.69, 9.17) is 46.4 Å². The average molecular weight is 395 g/mol. The van der Waals surface area contributed by atoms with Crippen molar-refractivity contribution in [3.05, 3.63) is 54.5 Å². The van der Waals surface area contributed by atoms with Crippen molar-refractivity contribution >= 4 is 63.9 Å². The van der Waals surface area contributed by atoms with Crippen molar-refractivity contribution < 1.29 is 14.8 Å². The second-order valence-electron chi connectivity index (χ2n) is 4.24. The van der Waals surface area contributed by atoms with Crippen molar-refractivity contribution in [1.82, 2.24) is 0 Å². The number of nitro groups is 1. The van der Waals surface area contributed by atoms with Crippen LogP contribution in [0.15, 0.2) is 24.3 Å². The largest absolute Gasteiger partial charge is 0.530 e. The van der Waals surface area contributed by atoms with Gasteiger partial charge in [0.15, 0.2) is 0 Å². The Labute approximate surface area is 149 Å². The van der Waals surface area contributed by atoms with Crippen LogP contribution in [0.4, 0.5) is 16.2 Å². The van der Waals surface area contributed by atoms with Crippen molar-refractivity contribution in [2.45, 2.75) is 0 Å². The van der Waals surface area contributed by atoms with E-state index >= 15 is 0 Å². The number of nitro benzene ring substituents is 1. The molecular weight excluding hydrogens is 390 g/mol. The summed E-state index contributed by atoms with van der Waals surface area (Å²) in [5, 5.41) is 23.9. The van der Waals surface area contributed by atoms with Gasteiger partial charge in [-0.15, -0.1) is 0 Å². The van der Waals surface area contributed by atoms with Crippen LogP contribution in [0.3, 0.4) is 0 Å². The van der Waals surface area contributed by atoms with Gasteiger partial charge in [-0.25, -0.2) is 0 Å². The minimum atomic E-state index is -1.60. The van der Waals surface area contributed by atoms with Gasteiger partial charge in [0, 0.05) is 16.3 Å². The highest BCUT2D eigenvalue weighted by Gasteiger charge is 2.27. The molecule has 0 fully saturated rings. The van der Waals surface area contributed by atoms with Gasteiger partial charge in [0.25, 0.3) is 5.69 Å². The molecule has 0 saturated carbocycles. The van der Waals surface area contributed by atoms with E-state index in [9.17, 15) is 20.0 Å². The molecule has 10 heteroatoms. The molecule has 2 rings (SSSR count). The molecule has 0 spiro atoms. The van der Waals surface area contributed by atoms with E-state index in [-0.39, 0.29) is 36.9 Å². The van der Waals surface area contributed by atoms with Crippen LogP contribution < -0.4 is 10.4 Å². The molecule has 0 aromatic heterocycles. The van der Waals surface area contributed by atoms with Crippen LogP contribution in [0.25, 0.3) is 11.1 Å². The fourth-order valence-electron chi connectivity index (χ4n) is 1.95. The topological polar surface area (TPSA) is 95.3 Å². The molecule has 0 unspecified atom stereocenters. The fraction of sp³-hybridized carbons (Fsp3) is 0. The first-order valence-electron chi connectivity index (χ1n) is 5.82. The lowest BCUT2D eigenvalue weighted by atomic mass is 10.0. The van der Waals surface area contributed by atoms with Crippen LogP contribution in [0.1, 0.15) is 0 Å². The Balaban J connectivity index is 2.86. The molecule has 120 valence electrons. The van der Waals surface area contributed by atoms with Crippen LogP contribution in [-0.2, 0) is 0 Å². The summed E-state index contributed by atoms with van der Waals surface area (Å²) in [6, 6.07) is 5.24. The molecule has 1 N–H and O–H groups in total. The van der Waals surface area contributed by atoms with Crippen LogP contribution in [0, 0.1) is 10.1 Å². The molecule has 0 bridgehead atoms. The molecule has 0 saturated heterocycles. The lowest BCUT2D eigenvalue weighted by molar-refractivity contribution is -0.384. The molecular formula is C13H5Cl4N2O4-. The van der Waals surface area contributed by atoms with E-state index in [1.54, 1.807) is 0 Å². The van der Waals surface area contributed by atoms with Gasteiger partial charge < -0.3 is 15.2 Å². The third kappa shape index (κ3) is 3.61. The van der Waals surface area contributed by atoms with E-state index in [1.807, 2.05) is 5.32 Å². The van der Waals surface area contributed by atoms with E-state index < -0.39 is 16.7 Å². The van der Waals surface area contributed by atoms with Gasteiger partial charge >= 0.3 is 0 Å². The molecule has 0 radical (unpaired) electrons. The third-order valence-electron chi connectivity index (χ3n) is 2.82. The van der Waals surface area contributed by atoms with Gasteiger partial charge in [0.2, 0.25) is 0 Å². The number of benzene rings is 2. The Morgan fingerprint density at radius 1 is 1.09 bits per heavy atom. The Hall–Kier alpha value is -1.73. The van der Waals surface area contributed by atoms with Crippen molar-refractivity contribution in [3.63, 3.8) is 0 Å². The minimum absolute atomic E-state index is 0.00205. The summed E-state index contributed by atoms with van der Waals surface area (Å²) in [5.74, 6) is 0. The molecule has 6 nitrogen and oxygen atoms in total. The number of amides is 1. The summed E-state index contributed by atoms with van der Waals surface area (Å²) in [4.78, 5) is 21.4. The lowest BCUT2D eigenvalue weighted by Crippen LogP contribution is -2.29. The molecule has 0 aliphatic carbocycles. The Morgan fingerprint density at radius 2 is 1.74 bits per heavy atom. The van der Waals surface area contributed by atoms with Gasteiger partial charge in [-0.1, -0.05) is 46.4 Å². The molecule has 2 aromatic rings. The van der Waals surface area contributed by atoms with Gasteiger partial charge in [-0.05, 0) is 24.3 Å². The van der Waals surface area contributed by atoms with Crippen LogP contribution in [0.5, 0.6) is 0 Å². The summed E-state index contributed by atoms with van der Waals surface area (Å²) < 4.78 is 0. The normalized spacial score (nSPS) is 10.4. The van der Waals surface area contributed by atoms with Crippen LogP contribution in [0.2, 0.25) is 20.1 Å². The molecule has 23 heavy (non-hydrogen) atoms. The summed E-state index contributed by atoms with van der Waals surface area (Å²) in [6.45, 7) is 0. The lowest BCUT2D eigenvalue weighted by Gasteiger charge is -2.15. The van der Waals surface area contributed by atoms with Gasteiger partial charge in [-0.2, -0.15) is 0 Å². The number of halogens is 4. The Morgan fingerprint density at radius 3 is 2.30 bits per heavy atom. The SMILES string of the molecule is O=C([O-])Nc1ccc(Cl)cc1-c1c(Cl)cc(Cl)c(Cl)c1[N+](=O)[O-].